The highest BCUT2D eigenvalue weighted by atomic mass is 16.6. The van der Waals surface area contributed by atoms with Gasteiger partial charge in [-0.25, -0.2) is 4.79 Å². The first-order valence-electron chi connectivity index (χ1n) is 11.4. The second-order valence-electron chi connectivity index (χ2n) is 8.83. The van der Waals surface area contributed by atoms with E-state index in [-0.39, 0.29) is 6.54 Å². The minimum absolute atomic E-state index is 0.298. The molecule has 0 aliphatic carbocycles. The van der Waals surface area contributed by atoms with Gasteiger partial charge in [-0.1, -0.05) is 25.0 Å². The van der Waals surface area contributed by atoms with E-state index in [1.165, 1.54) is 4.90 Å². The number of nitrogens with zero attached hydrogens (tertiary/aromatic N) is 1. The summed E-state index contributed by atoms with van der Waals surface area (Å²) in [5, 5.41) is 5.35. The summed E-state index contributed by atoms with van der Waals surface area (Å²) in [6, 6.07) is 12.8. The lowest BCUT2D eigenvalue weighted by Crippen LogP contribution is -2.46. The van der Waals surface area contributed by atoms with Gasteiger partial charge in [0.05, 0.1) is 7.11 Å². The number of terminal acetylenes is 1. The predicted molar refractivity (Wildman–Crippen MR) is 135 cm³/mol. The molecule has 0 heterocycles. The fraction of sp³-hybridized carbons (Fsp3) is 0.370. The molecule has 0 saturated heterocycles. The quantitative estimate of drug-likeness (QED) is 0.528. The highest BCUT2D eigenvalue weighted by Crippen LogP contribution is 2.25. The van der Waals surface area contributed by atoms with Crippen LogP contribution < -0.4 is 15.4 Å². The predicted octanol–water partition coefficient (Wildman–Crippen LogP) is 4.12. The van der Waals surface area contributed by atoms with Gasteiger partial charge in [0, 0.05) is 17.8 Å². The average Bonchev–Trinajstić information content (AvgIpc) is 2.82. The van der Waals surface area contributed by atoms with Crippen LogP contribution >= 0.6 is 0 Å². The van der Waals surface area contributed by atoms with Gasteiger partial charge in [-0.05, 0) is 69.2 Å². The number of alkyl carbamates (subject to hydrolysis) is 1. The zero-order valence-corrected chi connectivity index (χ0v) is 20.9. The van der Waals surface area contributed by atoms with Gasteiger partial charge in [0.25, 0.3) is 5.91 Å². The van der Waals surface area contributed by atoms with Gasteiger partial charge < -0.3 is 25.0 Å². The number of methoxy groups -OCH3 is 1. The average molecular weight is 480 g/mol. The van der Waals surface area contributed by atoms with Crippen LogP contribution in [0.25, 0.3) is 0 Å². The molecule has 2 aromatic rings. The highest BCUT2D eigenvalue weighted by molar-refractivity contribution is 5.98. The van der Waals surface area contributed by atoms with Gasteiger partial charge in [0.15, 0.2) is 0 Å². The van der Waals surface area contributed by atoms with E-state index in [1.807, 2.05) is 6.92 Å². The van der Waals surface area contributed by atoms with Crippen molar-refractivity contribution in [2.45, 2.75) is 45.8 Å². The molecule has 0 aromatic heterocycles. The molecule has 2 N–H and O–H groups in total. The minimum atomic E-state index is -0.947. The number of hydrogen-bond acceptors (Lipinski definition) is 5. The molecule has 0 aliphatic heterocycles. The second kappa shape index (κ2) is 12.5. The summed E-state index contributed by atoms with van der Waals surface area (Å²) in [4.78, 5) is 40.2. The summed E-state index contributed by atoms with van der Waals surface area (Å²) in [5.74, 6) is 2.38. The lowest BCUT2D eigenvalue weighted by atomic mass is 10.0. The van der Waals surface area contributed by atoms with Crippen LogP contribution in [0.5, 0.6) is 5.75 Å². The van der Waals surface area contributed by atoms with Gasteiger partial charge in [-0.2, -0.15) is 0 Å². The summed E-state index contributed by atoms with van der Waals surface area (Å²) in [6.07, 6.45) is 5.37. The van der Waals surface area contributed by atoms with E-state index in [2.05, 4.69) is 16.6 Å². The van der Waals surface area contributed by atoms with E-state index in [0.717, 1.165) is 0 Å². The van der Waals surface area contributed by atoms with Crippen molar-refractivity contribution < 1.29 is 23.9 Å². The number of anilines is 1. The Morgan fingerprint density at radius 2 is 1.69 bits per heavy atom. The SMILES string of the molecule is C#Cc1ccc(C(C(=O)Nc2ccc(OC)cc2)N(CCC)C(=O)CNC(=O)OC(C)(C)C)cc1. The van der Waals surface area contributed by atoms with E-state index in [9.17, 15) is 14.4 Å². The molecule has 0 spiro atoms. The maximum absolute atomic E-state index is 13.5. The maximum atomic E-state index is 13.5. The molecule has 2 rings (SSSR count). The van der Waals surface area contributed by atoms with Crippen LogP contribution in [-0.2, 0) is 14.3 Å². The van der Waals surface area contributed by atoms with Crippen LogP contribution in [0.1, 0.15) is 51.3 Å². The van der Waals surface area contributed by atoms with Crippen molar-refractivity contribution in [3.8, 4) is 18.1 Å². The number of nitrogens with one attached hydrogen (secondary N) is 2. The third-order valence-electron chi connectivity index (χ3n) is 4.88. The first-order valence-corrected chi connectivity index (χ1v) is 11.4. The molecule has 0 aliphatic rings. The smallest absolute Gasteiger partial charge is 0.408 e. The number of carbonyl (C=O) groups is 3. The summed E-state index contributed by atoms with van der Waals surface area (Å²) >= 11 is 0. The first-order chi connectivity index (χ1) is 16.6. The van der Waals surface area contributed by atoms with Crippen LogP contribution in [0, 0.1) is 12.3 Å². The number of benzene rings is 2. The molecule has 8 nitrogen and oxygen atoms in total. The van der Waals surface area contributed by atoms with E-state index in [0.29, 0.717) is 35.5 Å². The fourth-order valence-corrected chi connectivity index (χ4v) is 3.32. The van der Waals surface area contributed by atoms with E-state index in [1.54, 1.807) is 76.4 Å². The number of carbonyl (C=O) groups excluding carboxylic acids is 3. The lowest BCUT2D eigenvalue weighted by molar-refractivity contribution is -0.138. The Bertz CT molecular complexity index is 1050. The number of ether oxygens (including phenoxy) is 2. The molecule has 0 radical (unpaired) electrons. The van der Waals surface area contributed by atoms with Crippen LogP contribution in [0.3, 0.4) is 0 Å². The Morgan fingerprint density at radius 1 is 1.06 bits per heavy atom. The highest BCUT2D eigenvalue weighted by Gasteiger charge is 2.31. The van der Waals surface area contributed by atoms with E-state index >= 15 is 0 Å². The maximum Gasteiger partial charge on any atom is 0.408 e. The van der Waals surface area contributed by atoms with E-state index in [4.69, 9.17) is 15.9 Å². The molecule has 0 saturated carbocycles. The zero-order valence-electron chi connectivity index (χ0n) is 20.9. The normalized spacial score (nSPS) is 11.5. The largest absolute Gasteiger partial charge is 0.497 e. The molecule has 0 fully saturated rings. The van der Waals surface area contributed by atoms with Crippen molar-refractivity contribution in [1.29, 1.82) is 0 Å². The molecule has 35 heavy (non-hydrogen) atoms. The molecule has 186 valence electrons. The Kier molecular flexibility index (Phi) is 9.71. The Morgan fingerprint density at radius 3 is 2.20 bits per heavy atom. The fourth-order valence-electron chi connectivity index (χ4n) is 3.32. The van der Waals surface area contributed by atoms with Crippen LogP contribution in [-0.4, -0.2) is 48.6 Å². The van der Waals surface area contributed by atoms with Crippen molar-refractivity contribution in [2.24, 2.45) is 0 Å². The molecule has 3 amide bonds. The van der Waals surface area contributed by atoms with Crippen LogP contribution in [0.2, 0.25) is 0 Å². The Balaban J connectivity index is 2.32. The van der Waals surface area contributed by atoms with Gasteiger partial charge in [-0.3, -0.25) is 9.59 Å². The summed E-state index contributed by atoms with van der Waals surface area (Å²) in [5.41, 5.74) is 1.10. The molecule has 8 heteroatoms. The van der Waals surface area contributed by atoms with Gasteiger partial charge >= 0.3 is 6.09 Å². The van der Waals surface area contributed by atoms with Gasteiger partial charge in [0.1, 0.15) is 23.9 Å². The molecule has 1 unspecified atom stereocenters. The second-order valence-corrected chi connectivity index (χ2v) is 8.83. The summed E-state index contributed by atoms with van der Waals surface area (Å²) < 4.78 is 10.4. The van der Waals surface area contributed by atoms with Crippen molar-refractivity contribution in [3.63, 3.8) is 0 Å². The van der Waals surface area contributed by atoms with Crippen LogP contribution in [0.4, 0.5) is 10.5 Å². The Labute approximate surface area is 207 Å². The standard InChI is InChI=1S/C27H33N3O5/c1-7-17-30(23(31)18-28-26(33)35-27(3,4)5)24(20-11-9-19(8-2)10-12-20)25(32)29-21-13-15-22(34-6)16-14-21/h2,9-16,24H,7,17-18H2,1,3-6H3,(H,28,33)(H,29,32). The third kappa shape index (κ3) is 8.38. The topological polar surface area (TPSA) is 97.0 Å². The lowest BCUT2D eigenvalue weighted by Gasteiger charge is -2.31. The summed E-state index contributed by atoms with van der Waals surface area (Å²) in [7, 11) is 1.56. The first kappa shape index (κ1) is 27.3. The monoisotopic (exact) mass is 479 g/mol. The number of rotatable bonds is 9. The minimum Gasteiger partial charge on any atom is -0.497 e. The number of hydrogen-bond donors (Lipinski definition) is 2. The van der Waals surface area contributed by atoms with Gasteiger partial charge in [-0.15, -0.1) is 6.42 Å². The Hall–Kier alpha value is -3.99. The molecule has 0 bridgehead atoms. The van der Waals surface area contributed by atoms with Crippen LogP contribution in [0.15, 0.2) is 48.5 Å². The molecule has 2 aromatic carbocycles. The number of amides is 3. The third-order valence-corrected chi connectivity index (χ3v) is 4.88. The van der Waals surface area contributed by atoms with Crippen molar-refractivity contribution in [3.05, 3.63) is 59.7 Å². The summed E-state index contributed by atoms with van der Waals surface area (Å²) in [6.45, 7) is 7.09. The molecule has 1 atom stereocenters. The van der Waals surface area contributed by atoms with E-state index < -0.39 is 29.6 Å². The molecular formula is C27H33N3O5. The van der Waals surface area contributed by atoms with Gasteiger partial charge in [0.2, 0.25) is 5.91 Å². The van der Waals surface area contributed by atoms with Crippen molar-refractivity contribution in [2.75, 3.05) is 25.5 Å². The zero-order chi connectivity index (χ0) is 26.0. The van der Waals surface area contributed by atoms with Crippen molar-refractivity contribution >= 4 is 23.6 Å². The molecular weight excluding hydrogens is 446 g/mol. The van der Waals surface area contributed by atoms with Crippen molar-refractivity contribution in [1.82, 2.24) is 10.2 Å².